The van der Waals surface area contributed by atoms with Crippen LogP contribution in [0, 0.1) is 0 Å². The highest BCUT2D eigenvalue weighted by atomic mass is 15.3. The van der Waals surface area contributed by atoms with Crippen LogP contribution in [-0.2, 0) is 13.1 Å². The highest BCUT2D eigenvalue weighted by molar-refractivity contribution is 5.79. The number of rotatable bonds is 5. The number of pyridine rings is 1. The fraction of sp³-hybridized carbons (Fsp3) is 0.429. The summed E-state index contributed by atoms with van der Waals surface area (Å²) in [7, 11) is 3.89. The Hall–Kier alpha value is -2.56. The van der Waals surface area contributed by atoms with Gasteiger partial charge in [-0.2, -0.15) is 0 Å². The van der Waals surface area contributed by atoms with Gasteiger partial charge >= 0.3 is 0 Å². The van der Waals surface area contributed by atoms with Crippen LogP contribution in [0.3, 0.4) is 0 Å². The molecule has 0 aliphatic carbocycles. The van der Waals surface area contributed by atoms with E-state index in [2.05, 4.69) is 68.5 Å². The second kappa shape index (κ2) is 9.22. The lowest BCUT2D eigenvalue weighted by molar-refractivity contribution is 0.476. The van der Waals surface area contributed by atoms with Crippen molar-refractivity contribution in [2.75, 3.05) is 32.1 Å². The number of benzene rings is 1. The fourth-order valence-electron chi connectivity index (χ4n) is 3.36. The van der Waals surface area contributed by atoms with E-state index in [9.17, 15) is 0 Å². The first-order valence-electron chi connectivity index (χ1n) is 9.42. The maximum atomic E-state index is 4.56. The number of aliphatic imine (C=N–C) groups is 1. The average Bonchev–Trinajstić information content (AvgIpc) is 2.70. The Morgan fingerprint density at radius 1 is 1.12 bits per heavy atom. The number of anilines is 1. The Bertz CT molecular complexity index is 707. The highest BCUT2D eigenvalue weighted by Gasteiger charge is 2.12. The number of hydrogen-bond acceptors (Lipinski definition) is 3. The van der Waals surface area contributed by atoms with Crippen molar-refractivity contribution in [2.45, 2.75) is 32.4 Å². The minimum Gasteiger partial charge on any atom is -0.357 e. The number of guanidine groups is 1. The van der Waals surface area contributed by atoms with Crippen molar-refractivity contribution >= 4 is 11.8 Å². The van der Waals surface area contributed by atoms with Gasteiger partial charge in [0.1, 0.15) is 5.82 Å². The van der Waals surface area contributed by atoms with Crippen molar-refractivity contribution in [2.24, 2.45) is 4.99 Å². The average molecular weight is 351 g/mol. The molecular formula is C21H29N5. The number of nitrogens with zero attached hydrogens (tertiary/aromatic N) is 4. The van der Waals surface area contributed by atoms with E-state index >= 15 is 0 Å². The lowest BCUT2D eigenvalue weighted by Crippen LogP contribution is -2.38. The number of aromatic nitrogens is 1. The van der Waals surface area contributed by atoms with Crippen LogP contribution in [0.4, 0.5) is 5.82 Å². The van der Waals surface area contributed by atoms with Crippen LogP contribution in [0.5, 0.6) is 0 Å². The molecule has 1 aromatic carbocycles. The van der Waals surface area contributed by atoms with Gasteiger partial charge in [-0.1, -0.05) is 30.3 Å². The molecule has 26 heavy (non-hydrogen) atoms. The number of hydrogen-bond donors (Lipinski definition) is 1. The molecule has 1 N–H and O–H groups in total. The summed E-state index contributed by atoms with van der Waals surface area (Å²) in [6.45, 7) is 3.81. The Morgan fingerprint density at radius 3 is 2.62 bits per heavy atom. The van der Waals surface area contributed by atoms with E-state index in [0.717, 1.165) is 38.0 Å². The van der Waals surface area contributed by atoms with Crippen LogP contribution in [0.2, 0.25) is 0 Å². The van der Waals surface area contributed by atoms with Gasteiger partial charge in [-0.05, 0) is 42.5 Å². The molecule has 2 heterocycles. The predicted octanol–water partition coefficient (Wildman–Crippen LogP) is 3.28. The van der Waals surface area contributed by atoms with E-state index in [1.54, 1.807) is 0 Å². The largest absolute Gasteiger partial charge is 0.357 e. The number of piperidine rings is 1. The molecule has 0 radical (unpaired) electrons. The second-order valence-corrected chi connectivity index (χ2v) is 6.81. The van der Waals surface area contributed by atoms with E-state index in [-0.39, 0.29) is 0 Å². The van der Waals surface area contributed by atoms with Crippen LogP contribution < -0.4 is 10.2 Å². The molecule has 3 rings (SSSR count). The molecule has 0 spiro atoms. The van der Waals surface area contributed by atoms with E-state index in [1.165, 1.54) is 30.4 Å². The van der Waals surface area contributed by atoms with E-state index < -0.39 is 0 Å². The van der Waals surface area contributed by atoms with Crippen molar-refractivity contribution in [1.82, 2.24) is 15.2 Å². The molecule has 0 amide bonds. The lowest BCUT2D eigenvalue weighted by Gasteiger charge is -2.28. The second-order valence-electron chi connectivity index (χ2n) is 6.81. The Morgan fingerprint density at radius 2 is 1.88 bits per heavy atom. The van der Waals surface area contributed by atoms with Crippen molar-refractivity contribution in [3.8, 4) is 0 Å². The van der Waals surface area contributed by atoms with Crippen molar-refractivity contribution in [1.29, 1.82) is 0 Å². The summed E-state index contributed by atoms with van der Waals surface area (Å²) in [6, 6.07) is 14.7. The third kappa shape index (κ3) is 4.97. The van der Waals surface area contributed by atoms with Gasteiger partial charge in [-0.3, -0.25) is 4.99 Å². The van der Waals surface area contributed by atoms with E-state index in [4.69, 9.17) is 0 Å². The summed E-state index contributed by atoms with van der Waals surface area (Å²) in [5.41, 5.74) is 2.50. The van der Waals surface area contributed by atoms with Gasteiger partial charge in [0.15, 0.2) is 5.96 Å². The summed E-state index contributed by atoms with van der Waals surface area (Å²) in [6.07, 6.45) is 5.78. The standard InChI is InChI=1S/C21H29N5/c1-22-21(25(2)17-18-9-5-3-6-10-18)24-16-19-11-12-23-20(15-19)26-13-7-4-8-14-26/h3,5-6,9-12,15H,4,7-8,13-14,16-17H2,1-2H3,(H,22,24). The molecule has 0 saturated carbocycles. The normalized spacial score (nSPS) is 15.0. The summed E-state index contributed by atoms with van der Waals surface area (Å²) in [4.78, 5) is 13.5. The van der Waals surface area contributed by atoms with Crippen LogP contribution in [0.1, 0.15) is 30.4 Å². The fourth-order valence-corrected chi connectivity index (χ4v) is 3.36. The molecule has 2 aromatic rings. The highest BCUT2D eigenvalue weighted by Crippen LogP contribution is 2.18. The minimum absolute atomic E-state index is 0.745. The van der Waals surface area contributed by atoms with Crippen molar-refractivity contribution < 1.29 is 0 Å². The van der Waals surface area contributed by atoms with Crippen LogP contribution >= 0.6 is 0 Å². The van der Waals surface area contributed by atoms with Crippen molar-refractivity contribution in [3.05, 3.63) is 59.8 Å². The molecule has 0 bridgehead atoms. The monoisotopic (exact) mass is 351 g/mol. The molecule has 0 atom stereocenters. The SMILES string of the molecule is CN=C(NCc1ccnc(N2CCCCC2)c1)N(C)Cc1ccccc1. The van der Waals surface area contributed by atoms with E-state index in [1.807, 2.05) is 19.3 Å². The molecule has 5 heteroatoms. The molecular weight excluding hydrogens is 322 g/mol. The molecule has 5 nitrogen and oxygen atoms in total. The van der Waals surface area contributed by atoms with Crippen LogP contribution in [-0.4, -0.2) is 43.0 Å². The van der Waals surface area contributed by atoms with Gasteiger partial charge in [0.05, 0.1) is 0 Å². The number of nitrogens with one attached hydrogen (secondary N) is 1. The van der Waals surface area contributed by atoms with Gasteiger partial charge in [0.25, 0.3) is 0 Å². The molecule has 1 fully saturated rings. The van der Waals surface area contributed by atoms with Crippen LogP contribution in [0.25, 0.3) is 0 Å². The minimum atomic E-state index is 0.745. The third-order valence-corrected chi connectivity index (χ3v) is 4.78. The smallest absolute Gasteiger partial charge is 0.193 e. The zero-order chi connectivity index (χ0) is 18.2. The van der Waals surface area contributed by atoms with Gasteiger partial charge < -0.3 is 15.1 Å². The molecule has 1 aromatic heterocycles. The molecule has 1 saturated heterocycles. The summed E-state index contributed by atoms with van der Waals surface area (Å²) >= 11 is 0. The zero-order valence-electron chi connectivity index (χ0n) is 15.9. The zero-order valence-corrected chi connectivity index (χ0v) is 15.9. The topological polar surface area (TPSA) is 43.8 Å². The van der Waals surface area contributed by atoms with Crippen LogP contribution in [0.15, 0.2) is 53.7 Å². The Kier molecular flexibility index (Phi) is 6.47. The molecule has 0 unspecified atom stereocenters. The third-order valence-electron chi connectivity index (χ3n) is 4.78. The maximum Gasteiger partial charge on any atom is 0.193 e. The summed E-state index contributed by atoms with van der Waals surface area (Å²) in [5.74, 6) is 1.99. The van der Waals surface area contributed by atoms with Gasteiger partial charge in [-0.25, -0.2) is 4.98 Å². The van der Waals surface area contributed by atoms with E-state index in [0.29, 0.717) is 0 Å². The first-order chi connectivity index (χ1) is 12.8. The molecule has 1 aliphatic heterocycles. The van der Waals surface area contributed by atoms with Gasteiger partial charge in [-0.15, -0.1) is 0 Å². The lowest BCUT2D eigenvalue weighted by atomic mass is 10.1. The summed E-state index contributed by atoms with van der Waals surface area (Å²) < 4.78 is 0. The Balaban J connectivity index is 1.58. The van der Waals surface area contributed by atoms with Gasteiger partial charge in [0.2, 0.25) is 0 Å². The first kappa shape index (κ1) is 18.2. The first-order valence-corrected chi connectivity index (χ1v) is 9.42. The maximum absolute atomic E-state index is 4.56. The Labute approximate surface area is 156 Å². The predicted molar refractivity (Wildman–Crippen MR) is 108 cm³/mol. The quantitative estimate of drug-likeness (QED) is 0.663. The molecule has 1 aliphatic rings. The van der Waals surface area contributed by atoms with Gasteiger partial charge in [0, 0.05) is 46.5 Å². The van der Waals surface area contributed by atoms with Crippen molar-refractivity contribution in [3.63, 3.8) is 0 Å². The summed E-state index contributed by atoms with van der Waals surface area (Å²) in [5, 5.41) is 3.47. The molecule has 138 valence electrons.